The number of thioether (sulfide) groups is 1. The molecule has 0 fully saturated rings. The van der Waals surface area contributed by atoms with Crippen LogP contribution in [-0.4, -0.2) is 33.9 Å². The van der Waals surface area contributed by atoms with E-state index in [2.05, 4.69) is 15.5 Å². The van der Waals surface area contributed by atoms with Crippen molar-refractivity contribution in [2.75, 3.05) is 12.3 Å². The zero-order valence-corrected chi connectivity index (χ0v) is 11.0. The molecule has 1 aromatic rings. The summed E-state index contributed by atoms with van der Waals surface area (Å²) in [4.78, 5) is 11.3. The summed E-state index contributed by atoms with van der Waals surface area (Å²) in [6.45, 7) is 4.52. The van der Waals surface area contributed by atoms with Crippen molar-refractivity contribution >= 4 is 29.0 Å². The molecule has 0 spiro atoms. The summed E-state index contributed by atoms with van der Waals surface area (Å²) < 4.78 is 0.920. The second kappa shape index (κ2) is 6.17. The second-order valence-electron chi connectivity index (χ2n) is 3.53. The van der Waals surface area contributed by atoms with Crippen LogP contribution in [-0.2, 0) is 4.79 Å². The molecular weight excluding hydrogens is 244 g/mol. The average molecular weight is 260 g/mol. The van der Waals surface area contributed by atoms with Crippen molar-refractivity contribution in [3.8, 4) is 0 Å². The van der Waals surface area contributed by atoms with Gasteiger partial charge in [-0.3, -0.25) is 4.79 Å². The number of nitrogens with one attached hydrogen (secondary N) is 1. The van der Waals surface area contributed by atoms with E-state index in [-0.39, 0.29) is 5.91 Å². The van der Waals surface area contributed by atoms with Gasteiger partial charge in [-0.05, 0) is 19.9 Å². The van der Waals surface area contributed by atoms with Crippen molar-refractivity contribution in [2.45, 2.75) is 30.1 Å². The summed E-state index contributed by atoms with van der Waals surface area (Å²) in [7, 11) is 0. The average Bonchev–Trinajstić information content (AvgIpc) is 2.70. The number of rotatable bonds is 7. The van der Waals surface area contributed by atoms with Crippen LogP contribution in [0.2, 0.25) is 0 Å². The van der Waals surface area contributed by atoms with Gasteiger partial charge in [0.05, 0.1) is 5.54 Å². The monoisotopic (exact) mass is 260 g/mol. The Labute approximate surface area is 103 Å². The van der Waals surface area contributed by atoms with E-state index in [1.54, 1.807) is 17.3 Å². The molecule has 16 heavy (non-hydrogen) atoms. The highest BCUT2D eigenvalue weighted by atomic mass is 32.2. The number of nitrogens with two attached hydrogens (primary N) is 1. The molecule has 1 heterocycles. The molecule has 0 saturated carbocycles. The van der Waals surface area contributed by atoms with Gasteiger partial charge in [-0.1, -0.05) is 30.0 Å². The molecule has 3 N–H and O–H groups in total. The van der Waals surface area contributed by atoms with Crippen molar-refractivity contribution in [3.05, 3.63) is 5.51 Å². The van der Waals surface area contributed by atoms with Gasteiger partial charge in [0.2, 0.25) is 5.91 Å². The van der Waals surface area contributed by atoms with Crippen LogP contribution in [0, 0.1) is 0 Å². The Kier molecular flexibility index (Phi) is 5.17. The molecule has 0 bridgehead atoms. The lowest BCUT2D eigenvalue weighted by Crippen LogP contribution is -2.53. The summed E-state index contributed by atoms with van der Waals surface area (Å²) in [6.07, 6.45) is 0.681. The van der Waals surface area contributed by atoms with Gasteiger partial charge in [-0.15, -0.1) is 10.2 Å². The first kappa shape index (κ1) is 13.4. The summed E-state index contributed by atoms with van der Waals surface area (Å²) in [5.41, 5.74) is 6.44. The third-order valence-corrected chi connectivity index (χ3v) is 4.14. The highest BCUT2D eigenvalue weighted by molar-refractivity contribution is 8.00. The van der Waals surface area contributed by atoms with Gasteiger partial charge >= 0.3 is 0 Å². The number of likely N-dealkylation sites (N-methyl/N-ethyl adjacent to an activating group) is 1. The normalized spacial score (nSPS) is 14.6. The summed E-state index contributed by atoms with van der Waals surface area (Å²) in [5.74, 6) is 0.481. The SMILES string of the molecule is CCNC(C)(CCSc1nncs1)C(N)=O. The number of carbonyl (C=O) groups excluding carboxylic acids is 1. The number of amides is 1. The lowest BCUT2D eigenvalue weighted by Gasteiger charge is -2.26. The molecule has 0 aliphatic carbocycles. The van der Waals surface area contributed by atoms with E-state index in [1.807, 2.05) is 13.8 Å². The van der Waals surface area contributed by atoms with Crippen molar-refractivity contribution < 1.29 is 4.79 Å². The largest absolute Gasteiger partial charge is 0.368 e. The Bertz CT molecular complexity index is 330. The fourth-order valence-electron chi connectivity index (χ4n) is 1.26. The third kappa shape index (κ3) is 3.73. The van der Waals surface area contributed by atoms with Gasteiger partial charge in [-0.2, -0.15) is 0 Å². The Balaban J connectivity index is 2.41. The minimum Gasteiger partial charge on any atom is -0.368 e. The van der Waals surface area contributed by atoms with E-state index in [0.717, 1.165) is 16.6 Å². The van der Waals surface area contributed by atoms with Gasteiger partial charge in [0.1, 0.15) is 5.51 Å². The third-order valence-electron chi connectivity index (χ3n) is 2.28. The topological polar surface area (TPSA) is 80.9 Å². The van der Waals surface area contributed by atoms with Crippen molar-refractivity contribution in [2.24, 2.45) is 5.73 Å². The Morgan fingerprint density at radius 1 is 1.75 bits per heavy atom. The van der Waals surface area contributed by atoms with Gasteiger partial charge < -0.3 is 11.1 Å². The molecule has 0 aromatic carbocycles. The van der Waals surface area contributed by atoms with Crippen LogP contribution in [0.4, 0.5) is 0 Å². The Morgan fingerprint density at radius 3 is 3.00 bits per heavy atom. The van der Waals surface area contributed by atoms with Crippen LogP contribution in [0.5, 0.6) is 0 Å². The number of primary amides is 1. The molecule has 1 unspecified atom stereocenters. The predicted molar refractivity (Wildman–Crippen MR) is 66.5 cm³/mol. The van der Waals surface area contributed by atoms with E-state index in [9.17, 15) is 4.79 Å². The zero-order valence-electron chi connectivity index (χ0n) is 9.40. The summed E-state index contributed by atoms with van der Waals surface area (Å²) >= 11 is 3.09. The van der Waals surface area contributed by atoms with Gasteiger partial charge in [0.15, 0.2) is 4.34 Å². The highest BCUT2D eigenvalue weighted by Gasteiger charge is 2.29. The maximum absolute atomic E-state index is 11.3. The molecule has 1 aromatic heterocycles. The van der Waals surface area contributed by atoms with Crippen LogP contribution in [0.25, 0.3) is 0 Å². The van der Waals surface area contributed by atoms with Gasteiger partial charge in [0, 0.05) is 5.75 Å². The predicted octanol–water partition coefficient (Wildman–Crippen LogP) is 0.874. The lowest BCUT2D eigenvalue weighted by molar-refractivity contribution is -0.123. The molecule has 7 heteroatoms. The van der Waals surface area contributed by atoms with Crippen LogP contribution >= 0.6 is 23.1 Å². The zero-order chi connectivity index (χ0) is 12.0. The van der Waals surface area contributed by atoms with E-state index < -0.39 is 5.54 Å². The fourth-order valence-corrected chi connectivity index (χ4v) is 2.98. The molecule has 0 radical (unpaired) electrons. The van der Waals surface area contributed by atoms with Crippen molar-refractivity contribution in [1.29, 1.82) is 0 Å². The standard InChI is InChI=1S/C9H16N4OS2/c1-3-11-9(2,7(10)14)4-5-15-8-13-12-6-16-8/h6,11H,3-5H2,1-2H3,(H2,10,14). The number of aromatic nitrogens is 2. The summed E-state index contributed by atoms with van der Waals surface area (Å²) in [5, 5.41) is 10.8. The highest BCUT2D eigenvalue weighted by Crippen LogP contribution is 2.22. The Hall–Kier alpha value is -0.660. The molecule has 0 aliphatic heterocycles. The summed E-state index contributed by atoms with van der Waals surface area (Å²) in [6, 6.07) is 0. The van der Waals surface area contributed by atoms with Gasteiger partial charge in [0.25, 0.3) is 0 Å². The van der Waals surface area contributed by atoms with Crippen molar-refractivity contribution in [3.63, 3.8) is 0 Å². The molecule has 90 valence electrons. The minimum atomic E-state index is -0.633. The van der Waals surface area contributed by atoms with E-state index in [4.69, 9.17) is 5.73 Å². The number of hydrogen-bond acceptors (Lipinski definition) is 6. The first-order valence-electron chi connectivity index (χ1n) is 5.02. The maximum Gasteiger partial charge on any atom is 0.237 e. The fraction of sp³-hybridized carbons (Fsp3) is 0.667. The first-order chi connectivity index (χ1) is 7.58. The van der Waals surface area contributed by atoms with E-state index >= 15 is 0 Å². The molecule has 1 atom stereocenters. The smallest absolute Gasteiger partial charge is 0.237 e. The number of carbonyl (C=O) groups is 1. The minimum absolute atomic E-state index is 0.313. The molecular formula is C9H16N4OS2. The van der Waals surface area contributed by atoms with E-state index in [1.165, 1.54) is 11.3 Å². The molecule has 0 saturated heterocycles. The van der Waals surface area contributed by atoms with Crippen LogP contribution in [0.1, 0.15) is 20.3 Å². The second-order valence-corrected chi connectivity index (χ2v) is 5.71. The molecule has 1 rings (SSSR count). The lowest BCUT2D eigenvalue weighted by atomic mass is 9.98. The maximum atomic E-state index is 11.3. The number of hydrogen-bond donors (Lipinski definition) is 2. The molecule has 0 aliphatic rings. The quantitative estimate of drug-likeness (QED) is 0.711. The van der Waals surface area contributed by atoms with Gasteiger partial charge in [-0.25, -0.2) is 0 Å². The Morgan fingerprint density at radius 2 is 2.50 bits per heavy atom. The molecule has 5 nitrogen and oxygen atoms in total. The van der Waals surface area contributed by atoms with E-state index in [0.29, 0.717) is 6.42 Å². The molecule has 1 amide bonds. The first-order valence-corrected chi connectivity index (χ1v) is 6.89. The number of nitrogens with zero attached hydrogens (tertiary/aromatic N) is 2. The van der Waals surface area contributed by atoms with Crippen LogP contribution in [0.3, 0.4) is 0 Å². The van der Waals surface area contributed by atoms with Crippen LogP contribution < -0.4 is 11.1 Å². The van der Waals surface area contributed by atoms with Crippen molar-refractivity contribution in [1.82, 2.24) is 15.5 Å². The van der Waals surface area contributed by atoms with Crippen LogP contribution in [0.15, 0.2) is 9.85 Å².